The van der Waals surface area contributed by atoms with Crippen molar-refractivity contribution in [3.63, 3.8) is 0 Å². The van der Waals surface area contributed by atoms with Gasteiger partial charge in [0.1, 0.15) is 0 Å². The molecule has 1 aliphatic heterocycles. The van der Waals surface area contributed by atoms with Crippen LogP contribution in [0.4, 0.5) is 0 Å². The molecule has 1 fully saturated rings. The van der Waals surface area contributed by atoms with Crippen LogP contribution in [0.2, 0.25) is 0 Å². The van der Waals surface area contributed by atoms with Crippen molar-refractivity contribution in [3.8, 4) is 11.5 Å². The fourth-order valence-corrected chi connectivity index (χ4v) is 2.24. The number of nitrogens with one attached hydrogen (secondary N) is 1. The van der Waals surface area contributed by atoms with Crippen molar-refractivity contribution in [3.05, 3.63) is 29.8 Å². The van der Waals surface area contributed by atoms with Crippen LogP contribution in [-0.2, 0) is 0 Å². The molecule has 1 unspecified atom stereocenters. The number of rotatable bonds is 2. The third kappa shape index (κ3) is 2.26. The second-order valence-electron chi connectivity index (χ2n) is 4.71. The molecule has 2 aromatic heterocycles. The first kappa shape index (κ1) is 11.3. The molecular formula is C13H16N4O. The van der Waals surface area contributed by atoms with Gasteiger partial charge in [-0.2, -0.15) is 4.98 Å². The summed E-state index contributed by atoms with van der Waals surface area (Å²) >= 11 is 0. The lowest BCUT2D eigenvalue weighted by molar-refractivity contribution is 0.367. The second-order valence-corrected chi connectivity index (χ2v) is 4.71. The van der Waals surface area contributed by atoms with Gasteiger partial charge in [0.05, 0.1) is 11.6 Å². The van der Waals surface area contributed by atoms with Gasteiger partial charge in [-0.1, -0.05) is 11.6 Å². The average Bonchev–Trinajstić information content (AvgIpc) is 2.89. The molecule has 0 amide bonds. The molecule has 18 heavy (non-hydrogen) atoms. The summed E-state index contributed by atoms with van der Waals surface area (Å²) in [6, 6.07) is 2.23. The second kappa shape index (κ2) is 4.86. The van der Waals surface area contributed by atoms with Crippen LogP contribution < -0.4 is 5.32 Å². The largest absolute Gasteiger partial charge is 0.334 e. The molecule has 3 heterocycles. The summed E-state index contributed by atoms with van der Waals surface area (Å²) in [4.78, 5) is 8.60. The Balaban J connectivity index is 1.84. The van der Waals surface area contributed by atoms with E-state index >= 15 is 0 Å². The highest BCUT2D eigenvalue weighted by molar-refractivity contribution is 5.51. The predicted molar refractivity (Wildman–Crippen MR) is 66.9 cm³/mol. The number of pyridine rings is 1. The van der Waals surface area contributed by atoms with Crippen LogP contribution in [0.1, 0.15) is 36.7 Å². The van der Waals surface area contributed by atoms with E-state index in [0.29, 0.717) is 5.89 Å². The summed E-state index contributed by atoms with van der Waals surface area (Å²) in [7, 11) is 0. The van der Waals surface area contributed by atoms with E-state index in [1.54, 1.807) is 6.20 Å². The Morgan fingerprint density at radius 2 is 2.28 bits per heavy atom. The minimum atomic E-state index is 0.231. The van der Waals surface area contributed by atoms with Crippen LogP contribution >= 0.6 is 0 Å². The normalized spacial score (nSPS) is 19.9. The zero-order valence-electron chi connectivity index (χ0n) is 10.4. The van der Waals surface area contributed by atoms with E-state index in [4.69, 9.17) is 4.52 Å². The lowest BCUT2D eigenvalue weighted by Crippen LogP contribution is -2.27. The van der Waals surface area contributed by atoms with Gasteiger partial charge in [-0.25, -0.2) is 0 Å². The molecule has 0 aliphatic carbocycles. The fourth-order valence-electron chi connectivity index (χ4n) is 2.24. The van der Waals surface area contributed by atoms with Gasteiger partial charge in [0.25, 0.3) is 5.89 Å². The Labute approximate surface area is 106 Å². The third-order valence-corrected chi connectivity index (χ3v) is 3.19. The molecule has 1 aliphatic rings. The number of hydrogen-bond acceptors (Lipinski definition) is 5. The number of piperidine rings is 1. The third-order valence-electron chi connectivity index (χ3n) is 3.19. The summed E-state index contributed by atoms with van der Waals surface area (Å²) in [5, 5.41) is 7.48. The standard InChI is InChI=1S/C13H16N4O/c1-9-6-10(8-14-7-9)13-16-12(17-18-13)11-4-2-3-5-15-11/h6-8,11,15H,2-5H2,1H3. The quantitative estimate of drug-likeness (QED) is 0.877. The molecule has 1 atom stereocenters. The fraction of sp³-hybridized carbons (Fsp3) is 0.462. The Morgan fingerprint density at radius 3 is 3.06 bits per heavy atom. The summed E-state index contributed by atoms with van der Waals surface area (Å²) in [6.45, 7) is 3.02. The Bertz CT molecular complexity index is 531. The van der Waals surface area contributed by atoms with Gasteiger partial charge >= 0.3 is 0 Å². The molecule has 3 rings (SSSR count). The van der Waals surface area contributed by atoms with Crippen molar-refractivity contribution in [1.29, 1.82) is 0 Å². The first-order valence-electron chi connectivity index (χ1n) is 6.32. The summed E-state index contributed by atoms with van der Waals surface area (Å²) in [5.74, 6) is 1.31. The Morgan fingerprint density at radius 1 is 1.33 bits per heavy atom. The molecule has 0 radical (unpaired) electrons. The zero-order valence-corrected chi connectivity index (χ0v) is 10.4. The van der Waals surface area contributed by atoms with Crippen molar-refractivity contribution in [2.45, 2.75) is 32.2 Å². The van der Waals surface area contributed by atoms with Crippen molar-refractivity contribution in [2.75, 3.05) is 6.54 Å². The Kier molecular flexibility index (Phi) is 3.06. The number of nitrogens with zero attached hydrogens (tertiary/aromatic N) is 3. The molecule has 0 spiro atoms. The lowest BCUT2D eigenvalue weighted by Gasteiger charge is -2.19. The van der Waals surface area contributed by atoms with Crippen LogP contribution in [-0.4, -0.2) is 21.7 Å². The van der Waals surface area contributed by atoms with Crippen molar-refractivity contribution in [1.82, 2.24) is 20.4 Å². The van der Waals surface area contributed by atoms with Crippen LogP contribution in [0.15, 0.2) is 23.0 Å². The van der Waals surface area contributed by atoms with E-state index in [2.05, 4.69) is 20.4 Å². The van der Waals surface area contributed by atoms with Gasteiger partial charge in [0.2, 0.25) is 0 Å². The van der Waals surface area contributed by atoms with Crippen LogP contribution in [0.3, 0.4) is 0 Å². The van der Waals surface area contributed by atoms with E-state index < -0.39 is 0 Å². The Hall–Kier alpha value is -1.75. The van der Waals surface area contributed by atoms with E-state index in [-0.39, 0.29) is 6.04 Å². The molecule has 0 bridgehead atoms. The highest BCUT2D eigenvalue weighted by Gasteiger charge is 2.20. The molecule has 5 heteroatoms. The summed E-state index contributed by atoms with van der Waals surface area (Å²) < 4.78 is 5.32. The molecular weight excluding hydrogens is 228 g/mol. The van der Waals surface area contributed by atoms with Gasteiger partial charge in [-0.15, -0.1) is 0 Å². The number of hydrogen-bond donors (Lipinski definition) is 1. The van der Waals surface area contributed by atoms with Gasteiger partial charge < -0.3 is 9.84 Å². The highest BCUT2D eigenvalue weighted by Crippen LogP contribution is 2.23. The topological polar surface area (TPSA) is 63.8 Å². The highest BCUT2D eigenvalue weighted by atomic mass is 16.5. The molecule has 5 nitrogen and oxygen atoms in total. The molecule has 1 N–H and O–H groups in total. The van der Waals surface area contributed by atoms with Gasteiger partial charge in [-0.05, 0) is 37.9 Å². The first-order chi connectivity index (χ1) is 8.83. The SMILES string of the molecule is Cc1cncc(-c2nc(C3CCCCN3)no2)c1. The number of aryl methyl sites for hydroxylation is 1. The van der Waals surface area contributed by atoms with Crippen LogP contribution in [0.5, 0.6) is 0 Å². The monoisotopic (exact) mass is 244 g/mol. The van der Waals surface area contributed by atoms with Crippen LogP contribution in [0, 0.1) is 6.92 Å². The minimum Gasteiger partial charge on any atom is -0.334 e. The maximum atomic E-state index is 5.32. The summed E-state index contributed by atoms with van der Waals surface area (Å²) in [6.07, 6.45) is 7.07. The summed E-state index contributed by atoms with van der Waals surface area (Å²) in [5.41, 5.74) is 1.97. The molecule has 2 aromatic rings. The van der Waals surface area contributed by atoms with Crippen molar-refractivity contribution in [2.24, 2.45) is 0 Å². The molecule has 94 valence electrons. The van der Waals surface area contributed by atoms with E-state index in [1.165, 1.54) is 12.8 Å². The molecule has 0 aromatic carbocycles. The lowest BCUT2D eigenvalue weighted by atomic mass is 10.0. The smallest absolute Gasteiger partial charge is 0.259 e. The predicted octanol–water partition coefficient (Wildman–Crippen LogP) is 2.25. The van der Waals surface area contributed by atoms with E-state index in [0.717, 1.165) is 29.9 Å². The van der Waals surface area contributed by atoms with Gasteiger partial charge in [0, 0.05) is 12.4 Å². The van der Waals surface area contributed by atoms with Crippen molar-refractivity contribution < 1.29 is 4.52 Å². The molecule has 1 saturated heterocycles. The van der Waals surface area contributed by atoms with Crippen molar-refractivity contribution >= 4 is 0 Å². The van der Waals surface area contributed by atoms with Gasteiger partial charge in [-0.3, -0.25) is 4.98 Å². The zero-order chi connectivity index (χ0) is 12.4. The first-order valence-corrected chi connectivity index (χ1v) is 6.32. The van der Waals surface area contributed by atoms with E-state index in [9.17, 15) is 0 Å². The average molecular weight is 244 g/mol. The molecule has 0 saturated carbocycles. The van der Waals surface area contributed by atoms with Crippen LogP contribution in [0.25, 0.3) is 11.5 Å². The maximum Gasteiger partial charge on any atom is 0.259 e. The number of aromatic nitrogens is 3. The minimum absolute atomic E-state index is 0.231. The van der Waals surface area contributed by atoms with Gasteiger partial charge in [0.15, 0.2) is 5.82 Å². The van der Waals surface area contributed by atoms with E-state index in [1.807, 2.05) is 19.2 Å². The maximum absolute atomic E-state index is 5.32.